The van der Waals surface area contributed by atoms with Crippen molar-refractivity contribution in [2.45, 2.75) is 70.3 Å². The Morgan fingerprint density at radius 2 is 1.76 bits per heavy atom. The van der Waals surface area contributed by atoms with Crippen molar-refractivity contribution in [3.63, 3.8) is 0 Å². The number of carbonyl (C=O) groups excluding carboxylic acids is 2. The first kappa shape index (κ1) is 22.0. The maximum Gasteiger partial charge on any atom is 0.315 e. The maximum atomic E-state index is 11.8. The highest BCUT2D eigenvalue weighted by atomic mass is 35.5. The average Bonchev–Trinajstić information content (AvgIpc) is 2.60. The second-order valence-electron chi connectivity index (χ2n) is 7.19. The molecular weight excluding hydrogens is 340 g/mol. The van der Waals surface area contributed by atoms with E-state index < -0.39 is 0 Å². The van der Waals surface area contributed by atoms with Crippen LogP contribution in [0.2, 0.25) is 0 Å². The second-order valence-corrected chi connectivity index (χ2v) is 7.19. The van der Waals surface area contributed by atoms with Gasteiger partial charge in [-0.25, -0.2) is 4.79 Å². The van der Waals surface area contributed by atoms with Gasteiger partial charge in [-0.2, -0.15) is 0 Å². The van der Waals surface area contributed by atoms with Crippen molar-refractivity contribution in [1.29, 1.82) is 0 Å². The molecular formula is C18H35ClN4O2. The van der Waals surface area contributed by atoms with Crippen LogP contribution in [0, 0.1) is 5.92 Å². The van der Waals surface area contributed by atoms with Crippen molar-refractivity contribution >= 4 is 24.3 Å². The van der Waals surface area contributed by atoms with Crippen LogP contribution in [-0.2, 0) is 4.79 Å². The summed E-state index contributed by atoms with van der Waals surface area (Å²) >= 11 is 0. The van der Waals surface area contributed by atoms with Crippen molar-refractivity contribution in [2.75, 3.05) is 26.2 Å². The third-order valence-electron chi connectivity index (χ3n) is 5.08. The summed E-state index contributed by atoms with van der Waals surface area (Å²) in [6.07, 6.45) is 10.6. The Labute approximate surface area is 158 Å². The zero-order valence-corrected chi connectivity index (χ0v) is 16.1. The minimum atomic E-state index is -0.0906. The summed E-state index contributed by atoms with van der Waals surface area (Å²) in [4.78, 5) is 23.6. The summed E-state index contributed by atoms with van der Waals surface area (Å²) in [7, 11) is 0. The molecule has 1 heterocycles. The molecule has 2 aliphatic rings. The summed E-state index contributed by atoms with van der Waals surface area (Å²) in [6, 6.07) is 0.239. The largest absolute Gasteiger partial charge is 0.356 e. The molecule has 1 saturated heterocycles. The lowest BCUT2D eigenvalue weighted by molar-refractivity contribution is -0.121. The van der Waals surface area contributed by atoms with E-state index in [1.807, 2.05) is 0 Å². The average molecular weight is 375 g/mol. The van der Waals surface area contributed by atoms with Crippen molar-refractivity contribution in [3.05, 3.63) is 0 Å². The number of amides is 3. The van der Waals surface area contributed by atoms with Gasteiger partial charge < -0.3 is 21.3 Å². The quantitative estimate of drug-likeness (QED) is 0.492. The van der Waals surface area contributed by atoms with Crippen LogP contribution in [0.5, 0.6) is 0 Å². The van der Waals surface area contributed by atoms with Gasteiger partial charge in [-0.15, -0.1) is 12.4 Å². The highest BCUT2D eigenvalue weighted by Crippen LogP contribution is 2.17. The van der Waals surface area contributed by atoms with Gasteiger partial charge in [0.15, 0.2) is 0 Å². The van der Waals surface area contributed by atoms with E-state index in [1.54, 1.807) is 0 Å². The molecule has 2 fully saturated rings. The number of nitrogens with one attached hydrogen (secondary N) is 4. The third-order valence-corrected chi connectivity index (χ3v) is 5.08. The molecule has 0 bridgehead atoms. The van der Waals surface area contributed by atoms with Gasteiger partial charge in [0.2, 0.25) is 5.91 Å². The van der Waals surface area contributed by atoms with Gasteiger partial charge in [0.1, 0.15) is 0 Å². The molecule has 7 heteroatoms. The fourth-order valence-electron chi connectivity index (χ4n) is 3.61. The molecule has 0 radical (unpaired) electrons. The lowest BCUT2D eigenvalue weighted by Crippen LogP contribution is -2.43. The van der Waals surface area contributed by atoms with E-state index in [4.69, 9.17) is 0 Å². The first-order valence-corrected chi connectivity index (χ1v) is 9.76. The number of carbonyl (C=O) groups is 2. The molecule has 0 aromatic rings. The van der Waals surface area contributed by atoms with Gasteiger partial charge in [-0.1, -0.05) is 19.3 Å². The highest BCUT2D eigenvalue weighted by Gasteiger charge is 2.15. The van der Waals surface area contributed by atoms with Gasteiger partial charge in [-0.05, 0) is 57.5 Å². The molecule has 6 nitrogen and oxygen atoms in total. The van der Waals surface area contributed by atoms with Crippen LogP contribution in [0.15, 0.2) is 0 Å². The molecule has 0 aromatic carbocycles. The minimum absolute atomic E-state index is 0. The van der Waals surface area contributed by atoms with Crippen LogP contribution in [0.4, 0.5) is 4.79 Å². The van der Waals surface area contributed by atoms with Crippen LogP contribution in [0.25, 0.3) is 0 Å². The van der Waals surface area contributed by atoms with Crippen molar-refractivity contribution in [3.8, 4) is 0 Å². The highest BCUT2D eigenvalue weighted by molar-refractivity contribution is 5.85. The van der Waals surface area contributed by atoms with Crippen LogP contribution >= 0.6 is 12.4 Å². The fraction of sp³-hybridized carbons (Fsp3) is 0.889. The number of halogens is 1. The van der Waals surface area contributed by atoms with Crippen LogP contribution in [0.3, 0.4) is 0 Å². The smallest absolute Gasteiger partial charge is 0.315 e. The van der Waals surface area contributed by atoms with E-state index in [9.17, 15) is 9.59 Å². The zero-order chi connectivity index (χ0) is 17.0. The Morgan fingerprint density at radius 1 is 0.960 bits per heavy atom. The summed E-state index contributed by atoms with van der Waals surface area (Å²) < 4.78 is 0. The molecule has 0 spiro atoms. The SMILES string of the molecule is Cl.O=C(CCCNC(=O)NC1CCCCC1)NCCC1CCCNC1. The molecule has 25 heavy (non-hydrogen) atoms. The standard InChI is InChI=1S/C18H34N4O2.ClH/c23-17(20-13-10-15-6-4-11-19-14-15)9-5-12-21-18(24)22-16-7-2-1-3-8-16;/h15-16,19H,1-14H2,(H,20,23)(H2,21,22,24);1H. The summed E-state index contributed by atoms with van der Waals surface area (Å²) in [5, 5.41) is 12.3. The lowest BCUT2D eigenvalue weighted by atomic mass is 9.96. The van der Waals surface area contributed by atoms with Gasteiger partial charge >= 0.3 is 6.03 Å². The fourth-order valence-corrected chi connectivity index (χ4v) is 3.61. The lowest BCUT2D eigenvalue weighted by Gasteiger charge is -2.23. The predicted molar refractivity (Wildman–Crippen MR) is 103 cm³/mol. The van der Waals surface area contributed by atoms with E-state index in [1.165, 1.54) is 32.1 Å². The topological polar surface area (TPSA) is 82.3 Å². The number of hydrogen-bond donors (Lipinski definition) is 4. The van der Waals surface area contributed by atoms with Crippen LogP contribution in [0.1, 0.15) is 64.2 Å². The number of piperidine rings is 1. The van der Waals surface area contributed by atoms with E-state index in [2.05, 4.69) is 21.3 Å². The summed E-state index contributed by atoms with van der Waals surface area (Å²) in [5.74, 6) is 0.789. The maximum absolute atomic E-state index is 11.8. The molecule has 1 atom stereocenters. The molecule has 1 saturated carbocycles. The molecule has 2 rings (SSSR count). The van der Waals surface area contributed by atoms with E-state index in [-0.39, 0.29) is 24.3 Å². The van der Waals surface area contributed by atoms with Gasteiger partial charge in [0.25, 0.3) is 0 Å². The predicted octanol–water partition coefficient (Wildman–Crippen LogP) is 2.33. The van der Waals surface area contributed by atoms with E-state index >= 15 is 0 Å². The van der Waals surface area contributed by atoms with E-state index in [0.717, 1.165) is 38.9 Å². The molecule has 0 aromatic heterocycles. The third kappa shape index (κ3) is 9.90. The number of rotatable bonds is 8. The van der Waals surface area contributed by atoms with Crippen molar-refractivity contribution in [1.82, 2.24) is 21.3 Å². The van der Waals surface area contributed by atoms with Gasteiger partial charge in [0, 0.05) is 25.6 Å². The molecule has 1 unspecified atom stereocenters. The van der Waals surface area contributed by atoms with Crippen molar-refractivity contribution < 1.29 is 9.59 Å². The first-order chi connectivity index (χ1) is 11.7. The summed E-state index contributed by atoms with van der Waals surface area (Å²) in [6.45, 7) is 3.53. The van der Waals surface area contributed by atoms with Gasteiger partial charge in [-0.3, -0.25) is 4.79 Å². The minimum Gasteiger partial charge on any atom is -0.356 e. The Kier molecular flexibility index (Phi) is 11.7. The molecule has 1 aliphatic heterocycles. The van der Waals surface area contributed by atoms with E-state index in [0.29, 0.717) is 31.3 Å². The Bertz CT molecular complexity index is 383. The molecule has 1 aliphatic carbocycles. The monoisotopic (exact) mass is 374 g/mol. The summed E-state index contributed by atoms with van der Waals surface area (Å²) in [5.41, 5.74) is 0. The Hall–Kier alpha value is -1.01. The number of urea groups is 1. The number of hydrogen-bond acceptors (Lipinski definition) is 3. The molecule has 146 valence electrons. The molecule has 4 N–H and O–H groups in total. The van der Waals surface area contributed by atoms with Crippen molar-refractivity contribution in [2.24, 2.45) is 5.92 Å². The van der Waals surface area contributed by atoms with Crippen LogP contribution in [-0.4, -0.2) is 44.2 Å². The molecule has 3 amide bonds. The van der Waals surface area contributed by atoms with Crippen LogP contribution < -0.4 is 21.3 Å². The zero-order valence-electron chi connectivity index (χ0n) is 15.3. The normalized spacial score (nSPS) is 21.0. The first-order valence-electron chi connectivity index (χ1n) is 9.76. The van der Waals surface area contributed by atoms with Gasteiger partial charge in [0.05, 0.1) is 0 Å². The Balaban J connectivity index is 0.00000312. The second kappa shape index (κ2) is 13.2. The Morgan fingerprint density at radius 3 is 2.48 bits per heavy atom.